The lowest BCUT2D eigenvalue weighted by molar-refractivity contribution is 0.601. The molecule has 1 aromatic carbocycles. The van der Waals surface area contributed by atoms with Gasteiger partial charge in [0, 0.05) is 18.6 Å². The first-order valence-electron chi connectivity index (χ1n) is 4.82. The Morgan fingerprint density at radius 2 is 2.06 bits per heavy atom. The second-order valence-electron chi connectivity index (χ2n) is 3.19. The summed E-state index contributed by atoms with van der Waals surface area (Å²) in [5, 5.41) is 4.91. The minimum absolute atomic E-state index is 0.206. The van der Waals surface area contributed by atoms with Crippen molar-refractivity contribution in [1.82, 2.24) is 4.98 Å². The van der Waals surface area contributed by atoms with Gasteiger partial charge in [-0.2, -0.15) is 0 Å². The lowest BCUT2D eigenvalue weighted by Gasteiger charge is -2.09. The number of hydrogen-bond acceptors (Lipinski definition) is 5. The fourth-order valence-corrected chi connectivity index (χ4v) is 3.36. The Morgan fingerprint density at radius 1 is 1.29 bits per heavy atom. The maximum Gasteiger partial charge on any atom is 0.265 e. The molecule has 0 saturated carbocycles. The van der Waals surface area contributed by atoms with E-state index in [9.17, 15) is 8.42 Å². The van der Waals surface area contributed by atoms with E-state index >= 15 is 0 Å². The van der Waals surface area contributed by atoms with Crippen molar-refractivity contribution in [3.8, 4) is 0 Å². The molecule has 0 unspecified atom stereocenters. The van der Waals surface area contributed by atoms with E-state index in [1.165, 1.54) is 11.3 Å². The zero-order chi connectivity index (χ0) is 12.3. The fourth-order valence-electron chi connectivity index (χ4n) is 1.35. The van der Waals surface area contributed by atoms with Gasteiger partial charge in [0.05, 0.1) is 5.69 Å². The molecule has 1 aromatic heterocycles. The van der Waals surface area contributed by atoms with Crippen molar-refractivity contribution in [1.29, 1.82) is 0 Å². The maximum absolute atomic E-state index is 12.1. The van der Waals surface area contributed by atoms with Crippen LogP contribution in [0.1, 0.15) is 0 Å². The summed E-state index contributed by atoms with van der Waals surface area (Å²) in [5.74, 6) is 0. The van der Waals surface area contributed by atoms with E-state index in [2.05, 4.69) is 15.0 Å². The van der Waals surface area contributed by atoms with Crippen molar-refractivity contribution in [2.45, 2.75) is 4.90 Å². The molecule has 90 valence electrons. The number of nitrogens with one attached hydrogen (secondary N) is 2. The topological polar surface area (TPSA) is 71.1 Å². The Kier molecular flexibility index (Phi) is 3.30. The Morgan fingerprint density at radius 3 is 2.71 bits per heavy atom. The summed E-state index contributed by atoms with van der Waals surface area (Å²) in [6, 6.07) is 6.70. The van der Waals surface area contributed by atoms with Gasteiger partial charge in [-0.3, -0.25) is 4.72 Å². The third-order valence-corrected chi connectivity index (χ3v) is 4.31. The number of anilines is 2. The van der Waals surface area contributed by atoms with E-state index in [0.717, 1.165) is 0 Å². The Hall–Kier alpha value is -1.60. The van der Waals surface area contributed by atoms with Crippen molar-refractivity contribution in [3.63, 3.8) is 0 Å². The van der Waals surface area contributed by atoms with Gasteiger partial charge in [-0.15, -0.1) is 11.3 Å². The number of hydrogen-bond donors (Lipinski definition) is 2. The monoisotopic (exact) mass is 269 g/mol. The number of rotatable bonds is 4. The minimum Gasteiger partial charge on any atom is -0.387 e. The summed E-state index contributed by atoms with van der Waals surface area (Å²) < 4.78 is 26.6. The average molecular weight is 269 g/mol. The summed E-state index contributed by atoms with van der Waals surface area (Å²) in [6.07, 6.45) is 1.55. The summed E-state index contributed by atoms with van der Waals surface area (Å²) in [4.78, 5) is 4.10. The highest BCUT2D eigenvalue weighted by Crippen LogP contribution is 2.23. The van der Waals surface area contributed by atoms with E-state index in [1.54, 1.807) is 42.9 Å². The molecule has 0 amide bonds. The standard InChI is InChI=1S/C10H11N3O2S2/c1-11-8-4-2-3-5-9(8)17(14,15)13-10-12-6-7-16-10/h2-7,11H,1H3,(H,12,13). The summed E-state index contributed by atoms with van der Waals surface area (Å²) in [5.41, 5.74) is 0.552. The van der Waals surface area contributed by atoms with E-state index in [1.807, 2.05) is 0 Å². The van der Waals surface area contributed by atoms with Crippen LogP contribution in [0, 0.1) is 0 Å². The third-order valence-electron chi connectivity index (χ3n) is 2.10. The van der Waals surface area contributed by atoms with Crippen molar-refractivity contribution in [3.05, 3.63) is 35.8 Å². The van der Waals surface area contributed by atoms with Crippen LogP contribution in [0.5, 0.6) is 0 Å². The van der Waals surface area contributed by atoms with Gasteiger partial charge in [0.25, 0.3) is 10.0 Å². The van der Waals surface area contributed by atoms with Gasteiger partial charge in [0.2, 0.25) is 0 Å². The maximum atomic E-state index is 12.1. The Bertz CT molecular complexity index is 594. The highest BCUT2D eigenvalue weighted by Gasteiger charge is 2.18. The van der Waals surface area contributed by atoms with Crippen molar-refractivity contribution >= 4 is 32.2 Å². The smallest absolute Gasteiger partial charge is 0.265 e. The van der Waals surface area contributed by atoms with Gasteiger partial charge in [0.1, 0.15) is 4.90 Å². The number of nitrogens with zero attached hydrogens (tertiary/aromatic N) is 1. The highest BCUT2D eigenvalue weighted by atomic mass is 32.2. The number of para-hydroxylation sites is 1. The molecule has 2 aromatic rings. The predicted molar refractivity (Wildman–Crippen MR) is 68.9 cm³/mol. The van der Waals surface area contributed by atoms with Crippen LogP contribution < -0.4 is 10.0 Å². The highest BCUT2D eigenvalue weighted by molar-refractivity contribution is 7.93. The van der Waals surface area contributed by atoms with Gasteiger partial charge in [-0.25, -0.2) is 13.4 Å². The molecule has 2 rings (SSSR count). The molecule has 0 aliphatic heterocycles. The van der Waals surface area contributed by atoms with Crippen molar-refractivity contribution in [2.24, 2.45) is 0 Å². The molecule has 1 heterocycles. The van der Waals surface area contributed by atoms with Crippen molar-refractivity contribution in [2.75, 3.05) is 17.1 Å². The largest absolute Gasteiger partial charge is 0.387 e. The quantitative estimate of drug-likeness (QED) is 0.890. The number of sulfonamides is 1. The van der Waals surface area contributed by atoms with Crippen LogP contribution in [0.15, 0.2) is 40.7 Å². The number of benzene rings is 1. The molecule has 17 heavy (non-hydrogen) atoms. The fraction of sp³-hybridized carbons (Fsp3) is 0.100. The van der Waals surface area contributed by atoms with Crippen LogP contribution in [-0.4, -0.2) is 20.4 Å². The third kappa shape index (κ3) is 2.56. The molecular formula is C10H11N3O2S2. The van der Waals surface area contributed by atoms with Gasteiger partial charge >= 0.3 is 0 Å². The zero-order valence-electron chi connectivity index (χ0n) is 9.04. The molecule has 2 N–H and O–H groups in total. The minimum atomic E-state index is -3.59. The van der Waals surface area contributed by atoms with Crippen LogP contribution in [0.3, 0.4) is 0 Å². The summed E-state index contributed by atoms with van der Waals surface area (Å²) in [7, 11) is -1.91. The van der Waals surface area contributed by atoms with Crippen LogP contribution in [0.4, 0.5) is 10.8 Å². The molecule has 0 fully saturated rings. The van der Waals surface area contributed by atoms with Gasteiger partial charge in [-0.05, 0) is 12.1 Å². The van der Waals surface area contributed by atoms with E-state index in [0.29, 0.717) is 10.8 Å². The Balaban J connectivity index is 2.38. The molecule has 0 aliphatic carbocycles. The first-order valence-corrected chi connectivity index (χ1v) is 7.19. The second kappa shape index (κ2) is 4.72. The predicted octanol–water partition coefficient (Wildman–Crippen LogP) is 1.99. The average Bonchev–Trinajstić information content (AvgIpc) is 2.81. The second-order valence-corrected chi connectivity index (χ2v) is 5.73. The molecular weight excluding hydrogens is 258 g/mol. The normalized spacial score (nSPS) is 11.1. The van der Waals surface area contributed by atoms with Gasteiger partial charge in [0.15, 0.2) is 5.13 Å². The molecule has 0 radical (unpaired) electrons. The van der Waals surface area contributed by atoms with Crippen LogP contribution in [0.25, 0.3) is 0 Å². The lowest BCUT2D eigenvalue weighted by Crippen LogP contribution is -2.14. The Labute approximate surface area is 104 Å². The molecule has 0 bridgehead atoms. The van der Waals surface area contributed by atoms with Gasteiger partial charge in [-0.1, -0.05) is 12.1 Å². The van der Waals surface area contributed by atoms with E-state index < -0.39 is 10.0 Å². The zero-order valence-corrected chi connectivity index (χ0v) is 10.7. The SMILES string of the molecule is CNc1ccccc1S(=O)(=O)Nc1nccs1. The van der Waals surface area contributed by atoms with Gasteiger partial charge < -0.3 is 5.32 Å². The number of aromatic nitrogens is 1. The molecule has 7 heteroatoms. The number of thiazole rings is 1. The van der Waals surface area contributed by atoms with Crippen LogP contribution >= 0.6 is 11.3 Å². The summed E-state index contributed by atoms with van der Waals surface area (Å²) in [6.45, 7) is 0. The molecule has 5 nitrogen and oxygen atoms in total. The van der Waals surface area contributed by atoms with Crippen molar-refractivity contribution < 1.29 is 8.42 Å². The van der Waals surface area contributed by atoms with E-state index in [-0.39, 0.29) is 4.90 Å². The molecule has 0 atom stereocenters. The van der Waals surface area contributed by atoms with Crippen LogP contribution in [-0.2, 0) is 10.0 Å². The van der Waals surface area contributed by atoms with Crippen LogP contribution in [0.2, 0.25) is 0 Å². The summed E-state index contributed by atoms with van der Waals surface area (Å²) >= 11 is 1.24. The molecule has 0 spiro atoms. The molecule has 0 saturated heterocycles. The first kappa shape index (κ1) is 11.9. The van der Waals surface area contributed by atoms with E-state index in [4.69, 9.17) is 0 Å². The lowest BCUT2D eigenvalue weighted by atomic mass is 10.3. The first-order chi connectivity index (χ1) is 8.13. The molecule has 0 aliphatic rings.